The molecular weight excluding hydrogens is 604 g/mol. The minimum atomic E-state index is -0.634. The largest absolute Gasteiger partial charge is 0.460 e. The van der Waals surface area contributed by atoms with Crippen molar-refractivity contribution in [1.82, 2.24) is 39.7 Å². The smallest absolute Gasteiger partial charge is 0.410 e. The number of carbonyl (C=O) groups excluding carboxylic acids is 2. The monoisotopic (exact) mass is 658 g/mol. The van der Waals surface area contributed by atoms with Gasteiger partial charge in [0.05, 0.1) is 18.2 Å². The quantitative estimate of drug-likeness (QED) is 0.298. The molecule has 0 saturated heterocycles. The second-order valence-corrected chi connectivity index (χ2v) is 14.8. The van der Waals surface area contributed by atoms with Crippen molar-refractivity contribution in [3.05, 3.63) is 18.7 Å². The third kappa shape index (κ3) is 11.4. The zero-order valence-electron chi connectivity index (χ0n) is 29.6. The van der Waals surface area contributed by atoms with Gasteiger partial charge in [-0.25, -0.2) is 19.0 Å². The highest BCUT2D eigenvalue weighted by molar-refractivity contribution is 5.69. The van der Waals surface area contributed by atoms with E-state index >= 15 is 0 Å². The number of nitrogens with one attached hydrogen (secondary N) is 1. The predicted octanol–water partition coefficient (Wildman–Crippen LogP) is 6.15. The fraction of sp³-hybridized carbons (Fsp3) is 0.758. The van der Waals surface area contributed by atoms with E-state index in [0.29, 0.717) is 19.0 Å². The Bertz CT molecular complexity index is 1360. The lowest BCUT2D eigenvalue weighted by Gasteiger charge is -2.34. The maximum atomic E-state index is 13.5. The number of ether oxygens (including phenoxy) is 4. The molecule has 1 saturated carbocycles. The van der Waals surface area contributed by atoms with Gasteiger partial charge >= 0.3 is 24.2 Å². The summed E-state index contributed by atoms with van der Waals surface area (Å²) in [6.07, 6.45) is 10.9. The van der Waals surface area contributed by atoms with Gasteiger partial charge in [0, 0.05) is 24.7 Å². The van der Waals surface area contributed by atoms with Crippen LogP contribution in [0.3, 0.4) is 0 Å². The van der Waals surface area contributed by atoms with E-state index in [2.05, 4.69) is 31.6 Å². The maximum absolute atomic E-state index is 13.5. The summed E-state index contributed by atoms with van der Waals surface area (Å²) >= 11 is 0. The van der Waals surface area contributed by atoms with Crippen LogP contribution < -0.4 is 14.8 Å². The highest BCUT2D eigenvalue weighted by Crippen LogP contribution is 2.30. The predicted molar refractivity (Wildman–Crippen MR) is 176 cm³/mol. The van der Waals surface area contributed by atoms with Gasteiger partial charge in [0.2, 0.25) is 0 Å². The molecule has 2 heterocycles. The summed E-state index contributed by atoms with van der Waals surface area (Å²) in [7, 11) is 0. The Kier molecular flexibility index (Phi) is 11.8. The Hall–Kier alpha value is -3.84. The molecule has 2 aliphatic carbocycles. The van der Waals surface area contributed by atoms with E-state index < -0.39 is 17.3 Å². The van der Waals surface area contributed by atoms with Gasteiger partial charge in [-0.3, -0.25) is 0 Å². The summed E-state index contributed by atoms with van der Waals surface area (Å²) < 4.78 is 26.6. The molecule has 0 spiro atoms. The van der Waals surface area contributed by atoms with Crippen LogP contribution >= 0.6 is 0 Å². The maximum Gasteiger partial charge on any atom is 0.410 e. The molecule has 1 fully saturated rings. The number of hydrogen-bond donors (Lipinski definition) is 1. The first-order valence-electron chi connectivity index (χ1n) is 16.9. The van der Waals surface area contributed by atoms with Crippen molar-refractivity contribution in [1.29, 1.82) is 0 Å². The molecule has 2 aromatic rings. The van der Waals surface area contributed by atoms with Gasteiger partial charge in [0.15, 0.2) is 0 Å². The van der Waals surface area contributed by atoms with Crippen molar-refractivity contribution in [3.63, 3.8) is 0 Å². The molecule has 0 bridgehead atoms. The second kappa shape index (κ2) is 15.4. The number of amides is 2. The van der Waals surface area contributed by atoms with Gasteiger partial charge in [-0.15, -0.1) is 10.2 Å². The second-order valence-electron chi connectivity index (χ2n) is 14.8. The minimum Gasteiger partial charge on any atom is -0.460 e. The first-order valence-corrected chi connectivity index (χ1v) is 16.9. The molecule has 2 amide bonds. The zero-order chi connectivity index (χ0) is 34.4. The summed E-state index contributed by atoms with van der Waals surface area (Å²) in [5.41, 5.74) is -0.213. The molecule has 1 N–H and O–H groups in total. The van der Waals surface area contributed by atoms with Crippen LogP contribution in [-0.4, -0.2) is 88.7 Å². The molecule has 2 aromatic heterocycles. The van der Waals surface area contributed by atoms with Gasteiger partial charge in [-0.2, -0.15) is 9.97 Å². The Morgan fingerprint density at radius 1 is 0.936 bits per heavy atom. The van der Waals surface area contributed by atoms with Crippen molar-refractivity contribution in [2.24, 2.45) is 0 Å². The molecule has 0 aromatic carbocycles. The molecule has 14 nitrogen and oxygen atoms in total. The Morgan fingerprint density at radius 2 is 1.64 bits per heavy atom. The highest BCUT2D eigenvalue weighted by Gasteiger charge is 2.31. The lowest BCUT2D eigenvalue weighted by atomic mass is 9.91. The third-order valence-electron chi connectivity index (χ3n) is 7.76. The summed E-state index contributed by atoms with van der Waals surface area (Å²) in [6, 6.07) is 0.537. The lowest BCUT2D eigenvalue weighted by molar-refractivity contribution is 0.0164. The molecule has 0 radical (unpaired) electrons. The minimum absolute atomic E-state index is 0.00395. The van der Waals surface area contributed by atoms with Crippen LogP contribution in [0.25, 0.3) is 5.70 Å². The van der Waals surface area contributed by atoms with Crippen molar-refractivity contribution in [3.8, 4) is 12.0 Å². The van der Waals surface area contributed by atoms with E-state index in [4.69, 9.17) is 18.9 Å². The number of carbonyl (C=O) groups is 2. The van der Waals surface area contributed by atoms with Gasteiger partial charge in [-0.05, 0) is 113 Å². The summed E-state index contributed by atoms with van der Waals surface area (Å²) in [5.74, 6) is 0. The standard InChI is InChI=1S/C33H54N8O6/c1-22(2)44-28-34-20-41(37-28)27-15-11-13-25(19-27)39(31(43)47-33(7,8)9)17-16-23(3)45-29-35-21-40(38-29)26-14-10-12-24(18-26)36-30(42)46-32(4,5)6/h19-26H,10-18H2,1-9H3,(H,36,42). The van der Waals surface area contributed by atoms with Crippen LogP contribution in [0.5, 0.6) is 12.0 Å². The van der Waals surface area contributed by atoms with Crippen molar-refractivity contribution in [2.75, 3.05) is 6.54 Å². The van der Waals surface area contributed by atoms with Crippen LogP contribution in [0.15, 0.2) is 18.7 Å². The highest BCUT2D eigenvalue weighted by atomic mass is 16.6. The summed E-state index contributed by atoms with van der Waals surface area (Å²) in [4.78, 5) is 36.2. The van der Waals surface area contributed by atoms with E-state index in [1.54, 1.807) is 22.2 Å². The van der Waals surface area contributed by atoms with Gasteiger partial charge < -0.3 is 29.2 Å². The van der Waals surface area contributed by atoms with Gasteiger partial charge in [0.1, 0.15) is 30.0 Å². The molecule has 14 heteroatoms. The SMILES string of the molecule is CC(C)Oc1ncn(C2=CC(N(CCC(C)Oc3ncn(C4CCCC(NC(=O)OC(C)(C)C)C4)n3)C(=O)OC(C)(C)C)CCC2)n1. The topological polar surface area (TPSA) is 148 Å². The van der Waals surface area contributed by atoms with E-state index in [1.807, 2.05) is 67.0 Å². The molecule has 4 atom stereocenters. The molecule has 2 aliphatic rings. The first kappa shape index (κ1) is 36.0. The number of aromatic nitrogens is 6. The van der Waals surface area contributed by atoms with Crippen LogP contribution in [0.1, 0.15) is 120 Å². The fourth-order valence-corrected chi connectivity index (χ4v) is 5.74. The number of alkyl carbamates (subject to hydrolysis) is 1. The molecule has 262 valence electrons. The molecule has 0 aliphatic heterocycles. The van der Waals surface area contributed by atoms with Gasteiger partial charge in [-0.1, -0.05) is 0 Å². The number of hydrogen-bond acceptors (Lipinski definition) is 10. The van der Waals surface area contributed by atoms with E-state index in [0.717, 1.165) is 50.6 Å². The lowest BCUT2D eigenvalue weighted by Crippen LogP contribution is -2.45. The number of nitrogens with zero attached hydrogens (tertiary/aromatic N) is 7. The Morgan fingerprint density at radius 3 is 2.34 bits per heavy atom. The van der Waals surface area contributed by atoms with E-state index in [9.17, 15) is 9.59 Å². The number of rotatable bonds is 11. The average molecular weight is 659 g/mol. The van der Waals surface area contributed by atoms with Crippen LogP contribution in [0, 0.1) is 0 Å². The van der Waals surface area contributed by atoms with Crippen LogP contribution in [0.4, 0.5) is 9.59 Å². The molecule has 4 unspecified atom stereocenters. The first-order chi connectivity index (χ1) is 22.0. The Balaban J connectivity index is 1.37. The van der Waals surface area contributed by atoms with Crippen LogP contribution in [-0.2, 0) is 9.47 Å². The van der Waals surface area contributed by atoms with E-state index in [1.165, 1.54) is 0 Å². The molecular formula is C33H54N8O6. The van der Waals surface area contributed by atoms with Crippen molar-refractivity contribution in [2.45, 2.75) is 155 Å². The van der Waals surface area contributed by atoms with Crippen molar-refractivity contribution >= 4 is 17.9 Å². The molecule has 4 rings (SSSR count). The third-order valence-corrected chi connectivity index (χ3v) is 7.76. The van der Waals surface area contributed by atoms with Crippen LogP contribution in [0.2, 0.25) is 0 Å². The van der Waals surface area contributed by atoms with Crippen molar-refractivity contribution < 1.29 is 28.5 Å². The average Bonchev–Trinajstić information content (AvgIpc) is 3.61. The van der Waals surface area contributed by atoms with E-state index in [-0.39, 0.29) is 42.4 Å². The number of allylic oxidation sites excluding steroid dienone is 1. The molecule has 47 heavy (non-hydrogen) atoms. The zero-order valence-corrected chi connectivity index (χ0v) is 29.6. The fourth-order valence-electron chi connectivity index (χ4n) is 5.74. The summed E-state index contributed by atoms with van der Waals surface area (Å²) in [5, 5.41) is 12.1. The Labute approximate surface area is 278 Å². The normalized spacial score (nSPS) is 21.1. The summed E-state index contributed by atoms with van der Waals surface area (Å²) in [6.45, 7) is 17.4. The van der Waals surface area contributed by atoms with Gasteiger partial charge in [0.25, 0.3) is 0 Å².